The second kappa shape index (κ2) is 5.69. The minimum absolute atomic E-state index is 0.0567. The Labute approximate surface area is 125 Å². The molecule has 0 bridgehead atoms. The molecule has 0 saturated carbocycles. The van der Waals surface area contributed by atoms with Gasteiger partial charge in [-0.05, 0) is 17.7 Å². The monoisotopic (exact) mass is 295 g/mol. The molecule has 0 aliphatic carbocycles. The van der Waals surface area contributed by atoms with Gasteiger partial charge in [0, 0.05) is 30.1 Å². The molecule has 0 aliphatic rings. The Balaban J connectivity index is 2.01. The van der Waals surface area contributed by atoms with E-state index >= 15 is 0 Å². The number of hydrogen-bond acceptors (Lipinski definition) is 5. The molecule has 1 aromatic heterocycles. The van der Waals surface area contributed by atoms with Crippen LogP contribution < -0.4 is 10.9 Å². The molecule has 6 nitrogen and oxygen atoms in total. The van der Waals surface area contributed by atoms with Crippen molar-refractivity contribution < 1.29 is 9.34 Å². The molecule has 109 valence electrons. The van der Waals surface area contributed by atoms with Crippen LogP contribution in [0.3, 0.4) is 0 Å². The molecule has 0 fully saturated rings. The Bertz CT molecular complexity index is 888. The topological polar surface area (TPSA) is 85.4 Å². The molecular formula is C16H11N2O4. The second-order valence-electron chi connectivity index (χ2n) is 4.68. The fraction of sp³-hybridized carbons (Fsp3) is 0.0625. The first-order valence-corrected chi connectivity index (χ1v) is 6.54. The van der Waals surface area contributed by atoms with Crippen LogP contribution in [0, 0.1) is 16.2 Å². The summed E-state index contributed by atoms with van der Waals surface area (Å²) in [5.41, 5.74) is 1.25. The Morgan fingerprint density at radius 2 is 1.95 bits per heavy atom. The van der Waals surface area contributed by atoms with E-state index in [1.807, 2.05) is 12.1 Å². The number of fused-ring (bicyclic) bond motifs is 1. The molecule has 6 heteroatoms. The van der Waals surface area contributed by atoms with Gasteiger partial charge in [-0.15, -0.1) is 0 Å². The quantitative estimate of drug-likeness (QED) is 0.454. The molecule has 1 heterocycles. The fourth-order valence-electron chi connectivity index (χ4n) is 2.15. The van der Waals surface area contributed by atoms with Crippen molar-refractivity contribution in [3.05, 3.63) is 80.7 Å². The lowest BCUT2D eigenvalue weighted by Gasteiger charge is -2.08. The standard InChI is InChI=1S/C16H11N2O4/c19-16-9-14(17-10-11-4-2-1-3-5-11)13-8-12(18(20)21)6-7-15(13)22-16/h2-9,17H,10H2. The number of nitro groups is 1. The average Bonchev–Trinajstić information content (AvgIpc) is 2.53. The maximum atomic E-state index is 11.6. The molecule has 1 N–H and O–H groups in total. The van der Waals surface area contributed by atoms with E-state index in [0.29, 0.717) is 23.2 Å². The van der Waals surface area contributed by atoms with Gasteiger partial charge in [-0.3, -0.25) is 10.1 Å². The summed E-state index contributed by atoms with van der Waals surface area (Å²) < 4.78 is 5.07. The first-order chi connectivity index (χ1) is 10.6. The highest BCUT2D eigenvalue weighted by Gasteiger charge is 2.11. The summed E-state index contributed by atoms with van der Waals surface area (Å²) in [5.74, 6) is 0. The average molecular weight is 295 g/mol. The minimum atomic E-state index is -0.509. The highest BCUT2D eigenvalue weighted by molar-refractivity contribution is 5.91. The molecule has 0 atom stereocenters. The summed E-state index contributed by atoms with van der Waals surface area (Å²) in [6.07, 6.45) is 0. The molecule has 0 aliphatic heterocycles. The third kappa shape index (κ3) is 2.80. The minimum Gasteiger partial charge on any atom is -0.423 e. The van der Waals surface area contributed by atoms with Crippen molar-refractivity contribution >= 4 is 22.3 Å². The molecule has 0 unspecified atom stereocenters. The van der Waals surface area contributed by atoms with Crippen LogP contribution in [-0.2, 0) is 6.54 Å². The van der Waals surface area contributed by atoms with Crippen LogP contribution in [0.25, 0.3) is 11.0 Å². The maximum absolute atomic E-state index is 11.6. The Hall–Kier alpha value is -3.15. The van der Waals surface area contributed by atoms with E-state index in [0.717, 1.165) is 5.56 Å². The number of benzene rings is 2. The van der Waals surface area contributed by atoms with Crippen molar-refractivity contribution in [1.29, 1.82) is 0 Å². The number of hydrogen-bond donors (Lipinski definition) is 1. The molecule has 2 aromatic carbocycles. The molecule has 3 rings (SSSR count). The number of non-ortho nitro benzene ring substituents is 1. The van der Waals surface area contributed by atoms with Crippen LogP contribution in [-0.4, -0.2) is 4.92 Å². The third-order valence-electron chi connectivity index (χ3n) is 3.21. The van der Waals surface area contributed by atoms with E-state index in [1.165, 1.54) is 24.3 Å². The molecule has 3 aromatic rings. The molecular weight excluding hydrogens is 284 g/mol. The highest BCUT2D eigenvalue weighted by atomic mass is 16.6. The Kier molecular flexibility index (Phi) is 3.57. The lowest BCUT2D eigenvalue weighted by molar-refractivity contribution is -0.384. The number of nitrogens with one attached hydrogen (secondary N) is 1. The van der Waals surface area contributed by atoms with Gasteiger partial charge in [0.05, 0.1) is 10.6 Å². The van der Waals surface area contributed by atoms with Gasteiger partial charge in [-0.1, -0.05) is 24.3 Å². The van der Waals surface area contributed by atoms with E-state index in [4.69, 9.17) is 4.42 Å². The zero-order chi connectivity index (χ0) is 15.5. The normalized spacial score (nSPS) is 10.5. The van der Waals surface area contributed by atoms with Crippen LogP contribution in [0.5, 0.6) is 0 Å². The van der Waals surface area contributed by atoms with Crippen molar-refractivity contribution in [2.45, 2.75) is 6.54 Å². The van der Waals surface area contributed by atoms with Gasteiger partial charge < -0.3 is 9.73 Å². The van der Waals surface area contributed by atoms with E-state index < -0.39 is 10.5 Å². The Morgan fingerprint density at radius 1 is 1.18 bits per heavy atom. The van der Waals surface area contributed by atoms with Crippen LogP contribution in [0.1, 0.15) is 5.56 Å². The van der Waals surface area contributed by atoms with Gasteiger partial charge in [0.1, 0.15) is 5.58 Å². The molecule has 0 saturated heterocycles. The van der Waals surface area contributed by atoms with Crippen molar-refractivity contribution in [2.75, 3.05) is 5.32 Å². The lowest BCUT2D eigenvalue weighted by Crippen LogP contribution is -2.05. The van der Waals surface area contributed by atoms with E-state index in [9.17, 15) is 14.9 Å². The van der Waals surface area contributed by atoms with Crippen LogP contribution in [0.15, 0.2) is 57.7 Å². The second-order valence-corrected chi connectivity index (χ2v) is 4.68. The van der Waals surface area contributed by atoms with Crippen molar-refractivity contribution in [3.63, 3.8) is 0 Å². The first-order valence-electron chi connectivity index (χ1n) is 6.54. The predicted octanol–water partition coefficient (Wildman–Crippen LogP) is 3.11. The van der Waals surface area contributed by atoms with Crippen molar-refractivity contribution in [3.8, 4) is 0 Å². The Morgan fingerprint density at radius 3 is 2.68 bits per heavy atom. The molecule has 0 amide bonds. The van der Waals surface area contributed by atoms with Crippen LogP contribution in [0.4, 0.5) is 11.4 Å². The fourth-order valence-corrected chi connectivity index (χ4v) is 2.15. The van der Waals surface area contributed by atoms with Gasteiger partial charge in [0.15, 0.2) is 0 Å². The first kappa shape index (κ1) is 13.8. The van der Waals surface area contributed by atoms with E-state index in [1.54, 1.807) is 12.1 Å². The van der Waals surface area contributed by atoms with Gasteiger partial charge in [0.2, 0.25) is 0 Å². The zero-order valence-corrected chi connectivity index (χ0v) is 11.4. The van der Waals surface area contributed by atoms with Crippen LogP contribution >= 0.6 is 0 Å². The number of anilines is 1. The highest BCUT2D eigenvalue weighted by Crippen LogP contribution is 2.26. The zero-order valence-electron chi connectivity index (χ0n) is 11.4. The van der Waals surface area contributed by atoms with E-state index in [-0.39, 0.29) is 5.69 Å². The van der Waals surface area contributed by atoms with Gasteiger partial charge in [0.25, 0.3) is 5.69 Å². The van der Waals surface area contributed by atoms with E-state index in [2.05, 4.69) is 11.4 Å². The summed E-state index contributed by atoms with van der Waals surface area (Å²) >= 11 is 0. The summed E-state index contributed by atoms with van der Waals surface area (Å²) in [7, 11) is 0. The molecule has 0 spiro atoms. The third-order valence-corrected chi connectivity index (χ3v) is 3.21. The predicted molar refractivity (Wildman–Crippen MR) is 81.7 cm³/mol. The number of nitrogens with zero attached hydrogens (tertiary/aromatic N) is 1. The SMILES string of the molecule is O=c1cc(NCc2cc[c]cc2)c2cc([N+](=O)[O-])ccc2o1. The van der Waals surface area contributed by atoms with Gasteiger partial charge in [-0.2, -0.15) is 0 Å². The molecule has 22 heavy (non-hydrogen) atoms. The smallest absolute Gasteiger partial charge is 0.338 e. The molecule has 1 radical (unpaired) electrons. The summed E-state index contributed by atoms with van der Waals surface area (Å²) in [6, 6.07) is 15.7. The summed E-state index contributed by atoms with van der Waals surface area (Å²) in [4.78, 5) is 22.0. The van der Waals surface area contributed by atoms with Crippen molar-refractivity contribution in [2.24, 2.45) is 0 Å². The van der Waals surface area contributed by atoms with Gasteiger partial charge >= 0.3 is 5.63 Å². The van der Waals surface area contributed by atoms with Gasteiger partial charge in [-0.25, -0.2) is 4.79 Å². The number of nitro benzene ring substituents is 1. The van der Waals surface area contributed by atoms with Crippen molar-refractivity contribution in [1.82, 2.24) is 0 Å². The summed E-state index contributed by atoms with van der Waals surface area (Å²) in [6.45, 7) is 0.482. The largest absolute Gasteiger partial charge is 0.423 e. The summed E-state index contributed by atoms with van der Waals surface area (Å²) in [5, 5.41) is 14.5. The maximum Gasteiger partial charge on any atom is 0.338 e. The lowest BCUT2D eigenvalue weighted by atomic mass is 10.1. The number of rotatable bonds is 4. The van der Waals surface area contributed by atoms with Crippen LogP contribution in [0.2, 0.25) is 0 Å².